The maximum atomic E-state index is 12.5. The molecule has 0 saturated heterocycles. The van der Waals surface area contributed by atoms with Crippen LogP contribution in [0, 0.1) is 0 Å². The van der Waals surface area contributed by atoms with Gasteiger partial charge in [0.15, 0.2) is 0 Å². The largest absolute Gasteiger partial charge is 0.497 e. The third kappa shape index (κ3) is 8.42. The molecular weight excluding hydrogens is 322 g/mol. The van der Waals surface area contributed by atoms with E-state index in [2.05, 4.69) is 5.32 Å². The Balaban J connectivity index is 2.89. The molecule has 0 aromatic heterocycles. The van der Waals surface area contributed by atoms with E-state index < -0.39 is 29.3 Å². The number of hydrogen-bond donors (Lipinski definition) is 1. The molecular formula is C19H29NO5. The van der Waals surface area contributed by atoms with Crippen LogP contribution in [0.1, 0.15) is 47.1 Å². The van der Waals surface area contributed by atoms with E-state index in [1.165, 1.54) is 0 Å². The number of hydrogen-bond acceptors (Lipinski definition) is 5. The molecule has 1 rings (SSSR count). The minimum atomic E-state index is -0.845. The van der Waals surface area contributed by atoms with Gasteiger partial charge in [0.05, 0.1) is 7.11 Å². The van der Waals surface area contributed by atoms with Crippen molar-refractivity contribution in [3.05, 3.63) is 29.8 Å². The van der Waals surface area contributed by atoms with Crippen LogP contribution in [0.2, 0.25) is 0 Å². The lowest BCUT2D eigenvalue weighted by Gasteiger charge is -2.26. The van der Waals surface area contributed by atoms with Crippen LogP contribution < -0.4 is 10.1 Å². The Labute approximate surface area is 149 Å². The van der Waals surface area contributed by atoms with Gasteiger partial charge in [0.1, 0.15) is 23.0 Å². The second kappa shape index (κ2) is 8.23. The number of carbonyl (C=O) groups excluding carboxylic acids is 2. The summed E-state index contributed by atoms with van der Waals surface area (Å²) < 4.78 is 15.8. The monoisotopic (exact) mass is 351 g/mol. The third-order valence-electron chi connectivity index (χ3n) is 2.98. The van der Waals surface area contributed by atoms with Gasteiger partial charge in [-0.25, -0.2) is 9.59 Å². The first-order chi connectivity index (χ1) is 11.4. The Morgan fingerprint density at radius 1 is 0.960 bits per heavy atom. The van der Waals surface area contributed by atoms with Gasteiger partial charge >= 0.3 is 12.1 Å². The van der Waals surface area contributed by atoms with Crippen LogP contribution in [0.4, 0.5) is 4.79 Å². The fraction of sp³-hybridized carbons (Fsp3) is 0.579. The lowest BCUT2D eigenvalue weighted by atomic mass is 10.1. The van der Waals surface area contributed by atoms with Crippen molar-refractivity contribution in [1.29, 1.82) is 0 Å². The van der Waals surface area contributed by atoms with Gasteiger partial charge in [-0.3, -0.25) is 0 Å². The van der Waals surface area contributed by atoms with E-state index >= 15 is 0 Å². The van der Waals surface area contributed by atoms with Crippen LogP contribution in [0.3, 0.4) is 0 Å². The third-order valence-corrected chi connectivity index (χ3v) is 2.98. The summed E-state index contributed by atoms with van der Waals surface area (Å²) in [6, 6.07) is 6.44. The zero-order valence-electron chi connectivity index (χ0n) is 16.1. The number of benzene rings is 1. The highest BCUT2D eigenvalue weighted by molar-refractivity contribution is 5.82. The Morgan fingerprint density at radius 3 is 1.92 bits per heavy atom. The number of amides is 1. The lowest BCUT2D eigenvalue weighted by molar-refractivity contribution is -0.157. The Morgan fingerprint density at radius 2 is 1.48 bits per heavy atom. The first-order valence-electron chi connectivity index (χ1n) is 8.25. The summed E-state index contributed by atoms with van der Waals surface area (Å²) >= 11 is 0. The van der Waals surface area contributed by atoms with Gasteiger partial charge in [-0.05, 0) is 59.2 Å². The normalized spacial score (nSPS) is 12.9. The average molecular weight is 351 g/mol. The lowest BCUT2D eigenvalue weighted by Crippen LogP contribution is -2.47. The first-order valence-corrected chi connectivity index (χ1v) is 8.25. The molecule has 0 bridgehead atoms. The van der Waals surface area contributed by atoms with E-state index in [9.17, 15) is 9.59 Å². The van der Waals surface area contributed by atoms with Crippen molar-refractivity contribution in [2.24, 2.45) is 0 Å². The van der Waals surface area contributed by atoms with Crippen molar-refractivity contribution in [2.45, 2.75) is 65.2 Å². The van der Waals surface area contributed by atoms with Gasteiger partial charge in [0, 0.05) is 6.42 Å². The van der Waals surface area contributed by atoms with Crippen LogP contribution >= 0.6 is 0 Å². The Bertz CT molecular complexity index is 581. The number of rotatable bonds is 5. The molecule has 0 aliphatic rings. The number of nitrogens with one attached hydrogen (secondary N) is 1. The number of methoxy groups -OCH3 is 1. The molecule has 6 nitrogen and oxygen atoms in total. The van der Waals surface area contributed by atoms with Crippen LogP contribution in [-0.2, 0) is 20.7 Å². The van der Waals surface area contributed by atoms with Crippen molar-refractivity contribution in [3.63, 3.8) is 0 Å². The summed E-state index contributed by atoms with van der Waals surface area (Å²) in [5.74, 6) is 0.215. The number of alkyl carbamates (subject to hydrolysis) is 1. The molecule has 140 valence electrons. The van der Waals surface area contributed by atoms with Crippen molar-refractivity contribution in [3.8, 4) is 5.75 Å². The molecule has 0 unspecified atom stereocenters. The smallest absolute Gasteiger partial charge is 0.408 e. The molecule has 0 aliphatic heterocycles. The second-order valence-electron chi connectivity index (χ2n) is 7.78. The van der Waals surface area contributed by atoms with E-state index in [1.54, 1.807) is 60.8 Å². The minimum Gasteiger partial charge on any atom is -0.497 e. The molecule has 6 heteroatoms. The van der Waals surface area contributed by atoms with E-state index in [0.29, 0.717) is 0 Å². The predicted molar refractivity (Wildman–Crippen MR) is 95.7 cm³/mol. The summed E-state index contributed by atoms with van der Waals surface area (Å²) in [6.07, 6.45) is -0.366. The molecule has 1 aromatic carbocycles. The standard InChI is InChI=1S/C19H29NO5/c1-18(2,3)24-16(21)15(20-17(22)25-19(4,5)6)12-13-8-10-14(23-7)11-9-13/h8-11,15H,12H2,1-7H3,(H,20,22)/t15-/m0/s1. The number of esters is 1. The first kappa shape index (κ1) is 20.8. The van der Waals surface area contributed by atoms with Crippen molar-refractivity contribution in [2.75, 3.05) is 7.11 Å². The summed E-state index contributed by atoms with van der Waals surface area (Å²) in [5, 5.41) is 2.61. The van der Waals surface area contributed by atoms with E-state index in [0.717, 1.165) is 11.3 Å². The highest BCUT2D eigenvalue weighted by Gasteiger charge is 2.28. The highest BCUT2D eigenvalue weighted by atomic mass is 16.6. The Hall–Kier alpha value is -2.24. The number of ether oxygens (including phenoxy) is 3. The molecule has 0 radical (unpaired) electrons. The summed E-state index contributed by atoms with van der Waals surface area (Å²) in [5.41, 5.74) is -0.430. The molecule has 0 spiro atoms. The Kier molecular flexibility index (Phi) is 6.85. The van der Waals surface area contributed by atoms with Gasteiger partial charge in [0.25, 0.3) is 0 Å². The maximum absolute atomic E-state index is 12.5. The van der Waals surface area contributed by atoms with Crippen molar-refractivity contribution in [1.82, 2.24) is 5.32 Å². The molecule has 1 atom stereocenters. The van der Waals surface area contributed by atoms with Gasteiger partial charge < -0.3 is 19.5 Å². The summed E-state index contributed by atoms with van der Waals surface area (Å²) in [4.78, 5) is 24.5. The second-order valence-corrected chi connectivity index (χ2v) is 7.78. The summed E-state index contributed by atoms with van der Waals surface area (Å²) in [7, 11) is 1.59. The summed E-state index contributed by atoms with van der Waals surface area (Å²) in [6.45, 7) is 10.6. The van der Waals surface area contributed by atoms with Gasteiger partial charge in [-0.2, -0.15) is 0 Å². The van der Waals surface area contributed by atoms with Gasteiger partial charge in [-0.1, -0.05) is 12.1 Å². The zero-order valence-corrected chi connectivity index (χ0v) is 16.1. The van der Waals surface area contributed by atoms with Crippen LogP contribution in [0.5, 0.6) is 5.75 Å². The molecule has 1 amide bonds. The molecule has 0 saturated carbocycles. The molecule has 0 heterocycles. The zero-order chi connectivity index (χ0) is 19.3. The van der Waals surface area contributed by atoms with E-state index in [1.807, 2.05) is 12.1 Å². The molecule has 1 N–H and O–H groups in total. The quantitative estimate of drug-likeness (QED) is 0.822. The van der Waals surface area contributed by atoms with Crippen LogP contribution in [0.25, 0.3) is 0 Å². The highest BCUT2D eigenvalue weighted by Crippen LogP contribution is 2.16. The van der Waals surface area contributed by atoms with Crippen molar-refractivity contribution < 1.29 is 23.8 Å². The molecule has 1 aromatic rings. The molecule has 25 heavy (non-hydrogen) atoms. The van der Waals surface area contributed by atoms with Crippen molar-refractivity contribution >= 4 is 12.1 Å². The topological polar surface area (TPSA) is 73.9 Å². The van der Waals surface area contributed by atoms with Crippen LogP contribution in [-0.4, -0.2) is 36.4 Å². The van der Waals surface area contributed by atoms with E-state index in [4.69, 9.17) is 14.2 Å². The molecule has 0 fully saturated rings. The minimum absolute atomic E-state index is 0.290. The maximum Gasteiger partial charge on any atom is 0.408 e. The average Bonchev–Trinajstić information content (AvgIpc) is 2.43. The fourth-order valence-corrected chi connectivity index (χ4v) is 2.01. The SMILES string of the molecule is COc1ccc(C[C@H](NC(=O)OC(C)(C)C)C(=O)OC(C)(C)C)cc1. The number of carbonyl (C=O) groups is 2. The predicted octanol–water partition coefficient (Wildman–Crippen LogP) is 3.47. The van der Waals surface area contributed by atoms with Gasteiger partial charge in [0.2, 0.25) is 0 Å². The fourth-order valence-electron chi connectivity index (χ4n) is 2.01. The molecule has 0 aliphatic carbocycles. The van der Waals surface area contributed by atoms with Crippen LogP contribution in [0.15, 0.2) is 24.3 Å². The van der Waals surface area contributed by atoms with Gasteiger partial charge in [-0.15, -0.1) is 0 Å². The van der Waals surface area contributed by atoms with E-state index in [-0.39, 0.29) is 6.42 Å².